The summed E-state index contributed by atoms with van der Waals surface area (Å²) >= 11 is 0. The van der Waals surface area contributed by atoms with Crippen molar-refractivity contribution in [3.8, 4) is 0 Å². The second kappa shape index (κ2) is 5.24. The summed E-state index contributed by atoms with van der Waals surface area (Å²) in [6.45, 7) is 1.47. The molecule has 0 radical (unpaired) electrons. The number of esters is 1. The van der Waals surface area contributed by atoms with Gasteiger partial charge in [0.15, 0.2) is 5.82 Å². The number of rotatable bonds is 3. The van der Waals surface area contributed by atoms with E-state index in [1.807, 2.05) is 0 Å². The molecule has 0 atom stereocenters. The summed E-state index contributed by atoms with van der Waals surface area (Å²) in [5.41, 5.74) is 0. The van der Waals surface area contributed by atoms with Crippen LogP contribution in [-0.4, -0.2) is 34.2 Å². The molecule has 1 amide bonds. The van der Waals surface area contributed by atoms with Crippen LogP contribution in [0.4, 0.5) is 23.4 Å². The summed E-state index contributed by atoms with van der Waals surface area (Å²) in [5.74, 6) is -6.23. The third-order valence-corrected chi connectivity index (χ3v) is 2.00. The van der Waals surface area contributed by atoms with E-state index in [1.165, 1.54) is 12.2 Å². The number of nitrogens with zero attached hydrogens (tertiary/aromatic N) is 2. The topological polar surface area (TPSA) is 73.2 Å². The molecule has 0 spiro atoms. The molecule has 0 fully saturated rings. The van der Waals surface area contributed by atoms with Crippen molar-refractivity contribution in [2.24, 2.45) is 7.05 Å². The minimum Gasteiger partial charge on any atom is -0.460 e. The first kappa shape index (κ1) is 14.9. The van der Waals surface area contributed by atoms with E-state index in [1.54, 1.807) is 0 Å². The van der Waals surface area contributed by atoms with Gasteiger partial charge in [0, 0.05) is 7.05 Å². The average molecular weight is 283 g/mol. The van der Waals surface area contributed by atoms with Gasteiger partial charge in [-0.15, -0.1) is 0 Å². The van der Waals surface area contributed by atoms with Crippen molar-refractivity contribution in [1.29, 1.82) is 0 Å². The Hall–Kier alpha value is -2.13. The normalized spacial score (nSPS) is 11.3. The molecule has 0 bridgehead atoms. The van der Waals surface area contributed by atoms with Crippen LogP contribution in [0.1, 0.15) is 17.5 Å². The van der Waals surface area contributed by atoms with E-state index >= 15 is 0 Å². The van der Waals surface area contributed by atoms with Gasteiger partial charge in [-0.05, 0) is 6.92 Å². The molecule has 0 saturated carbocycles. The number of hydrogen-bond donors (Lipinski definition) is 1. The van der Waals surface area contributed by atoms with E-state index in [4.69, 9.17) is 0 Å². The Morgan fingerprint density at radius 3 is 2.47 bits per heavy atom. The van der Waals surface area contributed by atoms with Gasteiger partial charge in [-0.3, -0.25) is 4.79 Å². The molecule has 1 rings (SSSR count). The van der Waals surface area contributed by atoms with Gasteiger partial charge in [0.2, 0.25) is 5.82 Å². The van der Waals surface area contributed by atoms with Gasteiger partial charge < -0.3 is 14.6 Å². The molecule has 10 heteroatoms. The molecule has 1 heterocycles. The van der Waals surface area contributed by atoms with Crippen molar-refractivity contribution in [2.75, 3.05) is 11.9 Å². The maximum atomic E-state index is 13.3. The quantitative estimate of drug-likeness (QED) is 0.669. The Morgan fingerprint density at radius 2 is 2.00 bits per heavy atom. The summed E-state index contributed by atoms with van der Waals surface area (Å²) in [7, 11) is 1.06. The standard InChI is InChI=1S/C9H9F4N3O3/c1-3-19-7(17)6-14-4(10)5(16(6)2)15-8(18)9(11,12)13/h3H2,1-2H3,(H,15,18). The Kier molecular flexibility index (Phi) is 4.12. The molecule has 0 aliphatic heterocycles. The second-order valence-corrected chi connectivity index (χ2v) is 3.31. The summed E-state index contributed by atoms with van der Waals surface area (Å²) in [5, 5.41) is 1.29. The molecule has 6 nitrogen and oxygen atoms in total. The van der Waals surface area contributed by atoms with Crippen molar-refractivity contribution in [3.63, 3.8) is 0 Å². The molecule has 19 heavy (non-hydrogen) atoms. The fourth-order valence-electron chi connectivity index (χ4n) is 1.16. The van der Waals surface area contributed by atoms with E-state index in [-0.39, 0.29) is 6.61 Å². The Balaban J connectivity index is 3.04. The molecule has 1 aromatic heterocycles. The highest BCUT2D eigenvalue weighted by Gasteiger charge is 2.40. The lowest BCUT2D eigenvalue weighted by Gasteiger charge is -2.08. The maximum absolute atomic E-state index is 13.3. The van der Waals surface area contributed by atoms with Crippen LogP contribution in [0.2, 0.25) is 0 Å². The van der Waals surface area contributed by atoms with E-state index < -0.39 is 35.6 Å². The van der Waals surface area contributed by atoms with E-state index in [0.29, 0.717) is 4.57 Å². The molecule has 0 aromatic carbocycles. The number of ether oxygens (including phenoxy) is 1. The smallest absolute Gasteiger partial charge is 0.460 e. The van der Waals surface area contributed by atoms with Gasteiger partial charge in [0.1, 0.15) is 0 Å². The van der Waals surface area contributed by atoms with Gasteiger partial charge in [-0.2, -0.15) is 22.5 Å². The van der Waals surface area contributed by atoms with Crippen molar-refractivity contribution in [2.45, 2.75) is 13.1 Å². The Bertz CT molecular complexity index is 510. The Labute approximate surface area is 104 Å². The van der Waals surface area contributed by atoms with Crippen LogP contribution in [0, 0.1) is 5.95 Å². The average Bonchev–Trinajstić information content (AvgIpc) is 2.56. The monoisotopic (exact) mass is 283 g/mol. The largest absolute Gasteiger partial charge is 0.471 e. The first-order valence-corrected chi connectivity index (χ1v) is 4.96. The molecule has 1 aromatic rings. The number of imidazole rings is 1. The lowest BCUT2D eigenvalue weighted by molar-refractivity contribution is -0.167. The van der Waals surface area contributed by atoms with Crippen LogP contribution in [-0.2, 0) is 16.6 Å². The molecule has 0 aliphatic rings. The lowest BCUT2D eigenvalue weighted by atomic mass is 10.5. The van der Waals surface area contributed by atoms with Crippen LogP contribution in [0.25, 0.3) is 0 Å². The second-order valence-electron chi connectivity index (χ2n) is 3.31. The highest BCUT2D eigenvalue weighted by atomic mass is 19.4. The first-order chi connectivity index (χ1) is 8.68. The summed E-state index contributed by atoms with van der Waals surface area (Å²) in [6.07, 6.45) is -5.18. The zero-order valence-corrected chi connectivity index (χ0v) is 9.84. The number of carbonyl (C=O) groups is 2. The molecule has 0 saturated heterocycles. The van der Waals surface area contributed by atoms with E-state index in [9.17, 15) is 27.2 Å². The summed E-state index contributed by atoms with van der Waals surface area (Å²) < 4.78 is 54.6. The first-order valence-electron chi connectivity index (χ1n) is 4.96. The number of anilines is 1. The van der Waals surface area contributed by atoms with Crippen molar-refractivity contribution >= 4 is 17.7 Å². The Morgan fingerprint density at radius 1 is 1.42 bits per heavy atom. The number of nitrogens with one attached hydrogen (secondary N) is 1. The zero-order chi connectivity index (χ0) is 14.8. The third kappa shape index (κ3) is 3.20. The third-order valence-electron chi connectivity index (χ3n) is 2.00. The van der Waals surface area contributed by atoms with Crippen LogP contribution < -0.4 is 5.32 Å². The summed E-state index contributed by atoms with van der Waals surface area (Å²) in [4.78, 5) is 25.1. The molecule has 1 N–H and O–H groups in total. The highest BCUT2D eigenvalue weighted by Crippen LogP contribution is 2.21. The van der Waals surface area contributed by atoms with Crippen molar-refractivity contribution in [1.82, 2.24) is 9.55 Å². The number of alkyl halides is 3. The number of halogens is 4. The van der Waals surface area contributed by atoms with Crippen molar-refractivity contribution in [3.05, 3.63) is 11.8 Å². The van der Waals surface area contributed by atoms with E-state index in [2.05, 4.69) is 9.72 Å². The lowest BCUT2D eigenvalue weighted by Crippen LogP contribution is -2.31. The molecule has 0 unspecified atom stereocenters. The zero-order valence-electron chi connectivity index (χ0n) is 9.84. The predicted octanol–water partition coefficient (Wildman–Crippen LogP) is 1.24. The highest BCUT2D eigenvalue weighted by molar-refractivity contribution is 5.95. The fourth-order valence-corrected chi connectivity index (χ4v) is 1.16. The SMILES string of the molecule is CCOC(=O)c1nc(F)c(NC(=O)C(F)(F)F)n1C. The molecular weight excluding hydrogens is 274 g/mol. The molecular formula is C9H9F4N3O3. The van der Waals surface area contributed by atoms with Gasteiger partial charge in [0.05, 0.1) is 6.61 Å². The summed E-state index contributed by atoms with van der Waals surface area (Å²) in [6, 6.07) is 0. The minimum absolute atomic E-state index is 0.0163. The van der Waals surface area contributed by atoms with Crippen LogP contribution in [0.15, 0.2) is 0 Å². The van der Waals surface area contributed by atoms with Gasteiger partial charge in [-0.25, -0.2) is 4.79 Å². The maximum Gasteiger partial charge on any atom is 0.471 e. The number of amides is 1. The molecule has 0 aliphatic carbocycles. The van der Waals surface area contributed by atoms with Crippen molar-refractivity contribution < 1.29 is 31.9 Å². The van der Waals surface area contributed by atoms with Crippen LogP contribution in [0.5, 0.6) is 0 Å². The predicted molar refractivity (Wildman–Crippen MR) is 53.8 cm³/mol. The number of carbonyl (C=O) groups excluding carboxylic acids is 2. The number of aromatic nitrogens is 2. The van der Waals surface area contributed by atoms with Gasteiger partial charge in [0.25, 0.3) is 5.95 Å². The molecule has 106 valence electrons. The minimum atomic E-state index is -5.18. The fraction of sp³-hybridized carbons (Fsp3) is 0.444. The van der Waals surface area contributed by atoms with Crippen LogP contribution >= 0.6 is 0 Å². The number of hydrogen-bond acceptors (Lipinski definition) is 4. The van der Waals surface area contributed by atoms with Gasteiger partial charge in [-0.1, -0.05) is 0 Å². The van der Waals surface area contributed by atoms with Crippen LogP contribution in [0.3, 0.4) is 0 Å². The van der Waals surface area contributed by atoms with E-state index in [0.717, 1.165) is 7.05 Å². The van der Waals surface area contributed by atoms with Gasteiger partial charge >= 0.3 is 18.1 Å².